The van der Waals surface area contributed by atoms with Crippen molar-refractivity contribution in [1.82, 2.24) is 0 Å². The van der Waals surface area contributed by atoms with E-state index in [4.69, 9.17) is 4.74 Å². The normalized spacial score (nSPS) is 10.5. The molecule has 0 saturated carbocycles. The third-order valence-corrected chi connectivity index (χ3v) is 1.94. The van der Waals surface area contributed by atoms with Gasteiger partial charge in [-0.25, -0.2) is 4.39 Å². The number of rotatable bonds is 5. The van der Waals surface area contributed by atoms with E-state index in [-0.39, 0.29) is 11.6 Å². The second-order valence-electron chi connectivity index (χ2n) is 3.04. The quantitative estimate of drug-likeness (QED) is 0.549. The molecule has 2 nitrogen and oxygen atoms in total. The van der Waals surface area contributed by atoms with Gasteiger partial charge in [0, 0.05) is 6.42 Å². The van der Waals surface area contributed by atoms with Crippen molar-refractivity contribution in [2.75, 3.05) is 7.11 Å². The molecule has 3 heteroatoms. The number of carbonyl (C=O) groups is 1. The average Bonchev–Trinajstić information content (AvgIpc) is 2.26. The molecule has 1 aromatic rings. The maximum atomic E-state index is 13.0. The standard InChI is InChI=1S/C12H13FO2/c1-15-12-9-10(6-7-11(12)13)5-3-2-4-8-14/h3,5-9H,2,4H2,1H3/b5-3+. The lowest BCUT2D eigenvalue weighted by atomic mass is 10.1. The summed E-state index contributed by atoms with van der Waals surface area (Å²) in [5.74, 6) is -0.143. The van der Waals surface area contributed by atoms with Crippen molar-refractivity contribution in [3.8, 4) is 5.75 Å². The number of methoxy groups -OCH3 is 1. The number of halogens is 1. The summed E-state index contributed by atoms with van der Waals surface area (Å²) in [5, 5.41) is 0. The van der Waals surface area contributed by atoms with E-state index < -0.39 is 0 Å². The van der Waals surface area contributed by atoms with Gasteiger partial charge in [-0.2, -0.15) is 0 Å². The summed E-state index contributed by atoms with van der Waals surface area (Å²) in [6.45, 7) is 0. The summed E-state index contributed by atoms with van der Waals surface area (Å²) in [6, 6.07) is 4.64. The van der Waals surface area contributed by atoms with Crippen molar-refractivity contribution in [3.05, 3.63) is 35.7 Å². The molecule has 0 radical (unpaired) electrons. The zero-order valence-electron chi connectivity index (χ0n) is 8.57. The Morgan fingerprint density at radius 3 is 2.87 bits per heavy atom. The third-order valence-electron chi connectivity index (χ3n) is 1.94. The molecule has 1 aromatic carbocycles. The second-order valence-corrected chi connectivity index (χ2v) is 3.04. The number of benzene rings is 1. The number of hydrogen-bond acceptors (Lipinski definition) is 2. The van der Waals surface area contributed by atoms with Gasteiger partial charge in [0.15, 0.2) is 11.6 Å². The van der Waals surface area contributed by atoms with Gasteiger partial charge in [-0.05, 0) is 24.1 Å². The molecule has 0 N–H and O–H groups in total. The van der Waals surface area contributed by atoms with Gasteiger partial charge in [0.1, 0.15) is 6.29 Å². The van der Waals surface area contributed by atoms with Crippen molar-refractivity contribution >= 4 is 12.4 Å². The maximum absolute atomic E-state index is 13.0. The van der Waals surface area contributed by atoms with Crippen LogP contribution in [0.3, 0.4) is 0 Å². The van der Waals surface area contributed by atoms with Gasteiger partial charge in [-0.1, -0.05) is 18.2 Å². The lowest BCUT2D eigenvalue weighted by Crippen LogP contribution is -1.87. The Morgan fingerprint density at radius 1 is 1.40 bits per heavy atom. The highest BCUT2D eigenvalue weighted by atomic mass is 19.1. The summed E-state index contributed by atoms with van der Waals surface area (Å²) in [5.41, 5.74) is 0.860. The van der Waals surface area contributed by atoms with Crippen LogP contribution in [0.2, 0.25) is 0 Å². The van der Waals surface area contributed by atoms with Crippen LogP contribution in [0.4, 0.5) is 4.39 Å². The number of carbonyl (C=O) groups excluding carboxylic acids is 1. The molecule has 0 spiro atoms. The maximum Gasteiger partial charge on any atom is 0.165 e. The van der Waals surface area contributed by atoms with Crippen molar-refractivity contribution in [2.24, 2.45) is 0 Å². The van der Waals surface area contributed by atoms with Gasteiger partial charge in [0.05, 0.1) is 7.11 Å². The van der Waals surface area contributed by atoms with E-state index in [1.54, 1.807) is 12.1 Å². The van der Waals surface area contributed by atoms with Crippen molar-refractivity contribution in [1.29, 1.82) is 0 Å². The van der Waals surface area contributed by atoms with Crippen LogP contribution >= 0.6 is 0 Å². The third kappa shape index (κ3) is 3.54. The highest BCUT2D eigenvalue weighted by Gasteiger charge is 2.00. The van der Waals surface area contributed by atoms with Crippen LogP contribution in [0.1, 0.15) is 18.4 Å². The molecule has 0 heterocycles. The fraction of sp³-hybridized carbons (Fsp3) is 0.250. The monoisotopic (exact) mass is 208 g/mol. The molecule has 0 saturated heterocycles. The molecule has 0 aliphatic heterocycles. The van der Waals surface area contributed by atoms with Gasteiger partial charge >= 0.3 is 0 Å². The zero-order chi connectivity index (χ0) is 11.1. The Morgan fingerprint density at radius 2 is 2.20 bits per heavy atom. The zero-order valence-corrected chi connectivity index (χ0v) is 8.57. The predicted octanol–water partition coefficient (Wildman–Crippen LogP) is 2.83. The summed E-state index contributed by atoms with van der Waals surface area (Å²) in [7, 11) is 1.43. The highest BCUT2D eigenvalue weighted by Crippen LogP contribution is 2.19. The molecule has 15 heavy (non-hydrogen) atoms. The largest absolute Gasteiger partial charge is 0.494 e. The van der Waals surface area contributed by atoms with Crippen LogP contribution in [0.5, 0.6) is 5.75 Å². The minimum Gasteiger partial charge on any atom is -0.494 e. The number of hydrogen-bond donors (Lipinski definition) is 0. The van der Waals surface area contributed by atoms with E-state index in [2.05, 4.69) is 0 Å². The van der Waals surface area contributed by atoms with E-state index in [1.165, 1.54) is 13.2 Å². The van der Waals surface area contributed by atoms with Crippen molar-refractivity contribution in [2.45, 2.75) is 12.8 Å². The number of allylic oxidation sites excluding steroid dienone is 1. The smallest absolute Gasteiger partial charge is 0.165 e. The van der Waals surface area contributed by atoms with Gasteiger partial charge in [0.25, 0.3) is 0 Å². The Balaban J connectivity index is 2.69. The Kier molecular flexibility index (Phi) is 4.54. The highest BCUT2D eigenvalue weighted by molar-refractivity contribution is 5.54. The van der Waals surface area contributed by atoms with Gasteiger partial charge in [0.2, 0.25) is 0 Å². The van der Waals surface area contributed by atoms with Crippen LogP contribution in [0, 0.1) is 5.82 Å². The molecule has 0 amide bonds. The molecule has 0 aliphatic carbocycles. The molecule has 0 bridgehead atoms. The van der Waals surface area contributed by atoms with Crippen LogP contribution in [-0.4, -0.2) is 13.4 Å². The predicted molar refractivity (Wildman–Crippen MR) is 57.3 cm³/mol. The molecule has 0 aliphatic rings. The summed E-state index contributed by atoms with van der Waals surface area (Å²) < 4.78 is 17.9. The summed E-state index contributed by atoms with van der Waals surface area (Å²) >= 11 is 0. The molecule has 0 unspecified atom stereocenters. The number of unbranched alkanes of at least 4 members (excludes halogenated alkanes) is 1. The molecule has 80 valence electrons. The van der Waals surface area contributed by atoms with E-state index in [0.717, 1.165) is 11.8 Å². The second kappa shape index (κ2) is 5.96. The van der Waals surface area contributed by atoms with Gasteiger partial charge in [-0.3, -0.25) is 0 Å². The first-order valence-corrected chi connectivity index (χ1v) is 4.71. The van der Waals surface area contributed by atoms with Crippen molar-refractivity contribution in [3.63, 3.8) is 0 Å². The SMILES string of the molecule is COc1cc(/C=C/CCC=O)ccc1F. The van der Waals surface area contributed by atoms with Crippen molar-refractivity contribution < 1.29 is 13.9 Å². The Labute approximate surface area is 88.4 Å². The number of ether oxygens (including phenoxy) is 1. The molecule has 0 aromatic heterocycles. The first-order chi connectivity index (χ1) is 7.27. The molecule has 0 atom stereocenters. The minimum atomic E-state index is -0.373. The van der Waals surface area contributed by atoms with E-state index in [1.807, 2.05) is 12.2 Å². The Bertz CT molecular complexity index is 359. The molecular weight excluding hydrogens is 195 g/mol. The van der Waals surface area contributed by atoms with E-state index >= 15 is 0 Å². The van der Waals surface area contributed by atoms with Crippen LogP contribution in [0.15, 0.2) is 24.3 Å². The fourth-order valence-electron chi connectivity index (χ4n) is 1.16. The van der Waals surface area contributed by atoms with Gasteiger partial charge in [-0.15, -0.1) is 0 Å². The molecular formula is C12H13FO2. The molecule has 0 fully saturated rings. The lowest BCUT2D eigenvalue weighted by molar-refractivity contribution is -0.107. The first kappa shape index (κ1) is 11.4. The average molecular weight is 208 g/mol. The van der Waals surface area contributed by atoms with E-state index in [9.17, 15) is 9.18 Å². The first-order valence-electron chi connectivity index (χ1n) is 4.71. The fourth-order valence-corrected chi connectivity index (χ4v) is 1.16. The summed E-state index contributed by atoms with van der Waals surface area (Å²) in [4.78, 5) is 10.1. The van der Waals surface area contributed by atoms with Crippen LogP contribution < -0.4 is 4.74 Å². The minimum absolute atomic E-state index is 0.229. The Hall–Kier alpha value is -1.64. The van der Waals surface area contributed by atoms with Gasteiger partial charge < -0.3 is 9.53 Å². The van der Waals surface area contributed by atoms with Crippen LogP contribution in [0.25, 0.3) is 6.08 Å². The van der Waals surface area contributed by atoms with E-state index in [0.29, 0.717) is 12.8 Å². The number of aldehydes is 1. The lowest BCUT2D eigenvalue weighted by Gasteiger charge is -2.02. The topological polar surface area (TPSA) is 26.3 Å². The molecule has 1 rings (SSSR count). The summed E-state index contributed by atoms with van der Waals surface area (Å²) in [6.07, 6.45) is 5.79. The van der Waals surface area contributed by atoms with Crippen LogP contribution in [-0.2, 0) is 4.79 Å².